The maximum atomic E-state index is 12.7. The molecular weight excluding hydrogens is 307 g/mol. The molecule has 0 aliphatic carbocycles. The highest BCUT2D eigenvalue weighted by atomic mass is 32.1. The summed E-state index contributed by atoms with van der Waals surface area (Å²) in [7, 11) is 0. The van der Waals surface area contributed by atoms with E-state index in [1.807, 2.05) is 6.07 Å². The van der Waals surface area contributed by atoms with Crippen molar-refractivity contribution in [1.82, 2.24) is 4.98 Å². The van der Waals surface area contributed by atoms with E-state index in [1.165, 1.54) is 0 Å². The molecule has 8 heteroatoms. The average molecular weight is 317 g/mol. The molecule has 0 atom stereocenters. The predicted molar refractivity (Wildman–Crippen MR) is 69.7 cm³/mol. The first-order chi connectivity index (χ1) is 9.88. The van der Waals surface area contributed by atoms with Gasteiger partial charge in [0.25, 0.3) is 0 Å². The van der Waals surface area contributed by atoms with Gasteiger partial charge in [-0.1, -0.05) is 18.2 Å². The molecule has 112 valence electrons. The number of ether oxygens (including phenoxy) is 1. The smallest absolute Gasteiger partial charge is 0.435 e. The Hall–Kier alpha value is -2.09. The molecule has 2 rings (SSSR count). The highest BCUT2D eigenvalue weighted by Crippen LogP contribution is 2.34. The van der Waals surface area contributed by atoms with E-state index in [0.717, 1.165) is 0 Å². The number of carboxylic acid groups (broad SMARTS) is 1. The van der Waals surface area contributed by atoms with Gasteiger partial charge in [0.05, 0.1) is 11.6 Å². The van der Waals surface area contributed by atoms with Crippen molar-refractivity contribution in [1.29, 1.82) is 0 Å². The van der Waals surface area contributed by atoms with Crippen molar-refractivity contribution in [2.45, 2.75) is 12.6 Å². The number of benzene rings is 1. The van der Waals surface area contributed by atoms with Crippen molar-refractivity contribution in [3.8, 4) is 5.75 Å². The van der Waals surface area contributed by atoms with E-state index >= 15 is 0 Å². The number of aromatic nitrogens is 1. The molecule has 4 nitrogen and oxygen atoms in total. The van der Waals surface area contributed by atoms with E-state index < -0.39 is 22.7 Å². The second kappa shape index (κ2) is 6.13. The van der Waals surface area contributed by atoms with E-state index in [9.17, 15) is 18.0 Å². The molecule has 1 N–H and O–H groups in total. The average Bonchev–Trinajstić information content (AvgIpc) is 2.84. The number of carbonyl (C=O) groups is 1. The zero-order valence-corrected chi connectivity index (χ0v) is 11.4. The maximum Gasteiger partial charge on any atom is 0.435 e. The van der Waals surface area contributed by atoms with Crippen molar-refractivity contribution < 1.29 is 27.8 Å². The van der Waals surface area contributed by atoms with Gasteiger partial charge < -0.3 is 9.84 Å². The summed E-state index contributed by atoms with van der Waals surface area (Å²) in [5, 5.41) is 8.86. The standard InChI is InChI=1S/C13H10F3NO3S/c14-13(15,16)11-10(12(18)19)21-9(17-11)6-7-20-8-4-2-1-3-5-8/h1-5H,6-7H2,(H,18,19). The lowest BCUT2D eigenvalue weighted by molar-refractivity contribution is -0.141. The molecule has 1 aromatic carbocycles. The van der Waals surface area contributed by atoms with Crippen LogP contribution >= 0.6 is 11.3 Å². The van der Waals surface area contributed by atoms with E-state index in [0.29, 0.717) is 17.1 Å². The molecule has 0 fully saturated rings. The highest BCUT2D eigenvalue weighted by molar-refractivity contribution is 7.13. The molecule has 0 unspecified atom stereocenters. The van der Waals surface area contributed by atoms with Crippen LogP contribution in [0.2, 0.25) is 0 Å². The first kappa shape index (κ1) is 15.3. The Kier molecular flexibility index (Phi) is 4.46. The lowest BCUT2D eigenvalue weighted by Gasteiger charge is -2.04. The number of halogens is 3. The maximum absolute atomic E-state index is 12.7. The first-order valence-electron chi connectivity index (χ1n) is 5.86. The third kappa shape index (κ3) is 3.94. The van der Waals surface area contributed by atoms with Crippen LogP contribution in [-0.2, 0) is 12.6 Å². The molecule has 1 aromatic heterocycles. The number of hydrogen-bond donors (Lipinski definition) is 1. The molecule has 0 spiro atoms. The summed E-state index contributed by atoms with van der Waals surface area (Å²) >= 11 is 0.519. The monoisotopic (exact) mass is 317 g/mol. The van der Waals surface area contributed by atoms with Gasteiger partial charge >= 0.3 is 12.1 Å². The molecule has 0 saturated carbocycles. The van der Waals surface area contributed by atoms with Crippen LogP contribution in [0.4, 0.5) is 13.2 Å². The van der Waals surface area contributed by atoms with Gasteiger partial charge in [-0.15, -0.1) is 11.3 Å². The zero-order valence-electron chi connectivity index (χ0n) is 10.6. The normalized spacial score (nSPS) is 11.4. The van der Waals surface area contributed by atoms with Gasteiger partial charge in [0, 0.05) is 6.42 Å². The predicted octanol–water partition coefficient (Wildman–Crippen LogP) is 3.48. The minimum atomic E-state index is -4.78. The fourth-order valence-electron chi connectivity index (χ4n) is 1.58. The molecule has 0 aliphatic heterocycles. The SMILES string of the molecule is O=C(O)c1sc(CCOc2ccccc2)nc1C(F)(F)F. The summed E-state index contributed by atoms with van der Waals surface area (Å²) < 4.78 is 43.3. The number of nitrogens with zero attached hydrogens (tertiary/aromatic N) is 1. The van der Waals surface area contributed by atoms with Crippen LogP contribution in [0, 0.1) is 0 Å². The number of thiazole rings is 1. The molecular formula is C13H10F3NO3S. The van der Waals surface area contributed by atoms with Crippen LogP contribution in [0.15, 0.2) is 30.3 Å². The molecule has 0 radical (unpaired) electrons. The van der Waals surface area contributed by atoms with Crippen molar-refractivity contribution in [3.05, 3.63) is 45.9 Å². The van der Waals surface area contributed by atoms with Crippen LogP contribution in [0.1, 0.15) is 20.4 Å². The Labute approximate surface area is 121 Å². The minimum Gasteiger partial charge on any atom is -0.493 e. The third-order valence-corrected chi connectivity index (χ3v) is 3.57. The van der Waals surface area contributed by atoms with E-state index in [-0.39, 0.29) is 18.0 Å². The third-order valence-electron chi connectivity index (χ3n) is 2.46. The zero-order chi connectivity index (χ0) is 15.5. The fourth-order valence-corrected chi connectivity index (χ4v) is 2.48. The molecule has 2 aromatic rings. The number of alkyl halides is 3. The molecule has 0 aliphatic rings. The van der Waals surface area contributed by atoms with Crippen LogP contribution in [-0.4, -0.2) is 22.7 Å². The van der Waals surface area contributed by atoms with Crippen molar-refractivity contribution >= 4 is 17.3 Å². The van der Waals surface area contributed by atoms with E-state index in [4.69, 9.17) is 9.84 Å². The van der Waals surface area contributed by atoms with E-state index in [2.05, 4.69) is 4.98 Å². The number of carboxylic acids is 1. The number of para-hydroxylation sites is 1. The Balaban J connectivity index is 2.06. The molecule has 21 heavy (non-hydrogen) atoms. The quantitative estimate of drug-likeness (QED) is 0.917. The summed E-state index contributed by atoms with van der Waals surface area (Å²) in [6.45, 7) is 0.119. The summed E-state index contributed by atoms with van der Waals surface area (Å²) in [5.41, 5.74) is -1.35. The lowest BCUT2D eigenvalue weighted by Crippen LogP contribution is -2.11. The van der Waals surface area contributed by atoms with Crippen LogP contribution < -0.4 is 4.74 Å². The fraction of sp³-hybridized carbons (Fsp3) is 0.231. The van der Waals surface area contributed by atoms with Crippen molar-refractivity contribution in [3.63, 3.8) is 0 Å². The number of aromatic carboxylic acids is 1. The van der Waals surface area contributed by atoms with Gasteiger partial charge in [-0.2, -0.15) is 13.2 Å². The van der Waals surface area contributed by atoms with E-state index in [1.54, 1.807) is 24.3 Å². The van der Waals surface area contributed by atoms with Gasteiger partial charge in [0.2, 0.25) is 0 Å². The largest absolute Gasteiger partial charge is 0.493 e. The molecule has 0 amide bonds. The topological polar surface area (TPSA) is 59.4 Å². The van der Waals surface area contributed by atoms with Gasteiger partial charge in [-0.25, -0.2) is 9.78 Å². The number of rotatable bonds is 5. The summed E-state index contributed by atoms with van der Waals surface area (Å²) in [6.07, 6.45) is -4.67. The van der Waals surface area contributed by atoms with Gasteiger partial charge in [-0.05, 0) is 12.1 Å². The minimum absolute atomic E-state index is 0.0793. The lowest BCUT2D eigenvalue weighted by atomic mass is 10.3. The summed E-state index contributed by atoms with van der Waals surface area (Å²) in [6, 6.07) is 8.77. The van der Waals surface area contributed by atoms with Crippen molar-refractivity contribution in [2.75, 3.05) is 6.61 Å². The Morgan fingerprint density at radius 1 is 1.29 bits per heavy atom. The summed E-state index contributed by atoms with van der Waals surface area (Å²) in [5.74, 6) is -1.04. The first-order valence-corrected chi connectivity index (χ1v) is 6.67. The van der Waals surface area contributed by atoms with Crippen LogP contribution in [0.25, 0.3) is 0 Å². The summed E-state index contributed by atoms with van der Waals surface area (Å²) in [4.78, 5) is 13.4. The second-order valence-electron chi connectivity index (χ2n) is 4.00. The second-order valence-corrected chi connectivity index (χ2v) is 5.08. The molecule has 0 bridgehead atoms. The Bertz CT molecular complexity index is 625. The van der Waals surface area contributed by atoms with Gasteiger partial charge in [0.1, 0.15) is 10.6 Å². The van der Waals surface area contributed by atoms with Crippen molar-refractivity contribution in [2.24, 2.45) is 0 Å². The van der Waals surface area contributed by atoms with Crippen LogP contribution in [0.3, 0.4) is 0 Å². The Morgan fingerprint density at radius 2 is 1.95 bits per heavy atom. The highest BCUT2D eigenvalue weighted by Gasteiger charge is 2.39. The van der Waals surface area contributed by atoms with Gasteiger partial charge in [0.15, 0.2) is 5.69 Å². The Morgan fingerprint density at radius 3 is 2.48 bits per heavy atom. The van der Waals surface area contributed by atoms with Crippen LogP contribution in [0.5, 0.6) is 5.75 Å². The molecule has 0 saturated heterocycles. The molecule has 1 heterocycles. The van der Waals surface area contributed by atoms with Gasteiger partial charge in [-0.3, -0.25) is 0 Å². The number of hydrogen-bond acceptors (Lipinski definition) is 4.